The summed E-state index contributed by atoms with van der Waals surface area (Å²) in [7, 11) is 5.73. The summed E-state index contributed by atoms with van der Waals surface area (Å²) in [5, 5.41) is 8.23. The molecule has 0 aromatic heterocycles. The number of carbonyl (C=O) groups is 2. The van der Waals surface area contributed by atoms with E-state index in [9.17, 15) is 18.0 Å². The summed E-state index contributed by atoms with van der Waals surface area (Å²) in [4.78, 5) is 21.1. The molecule has 9 nitrogen and oxygen atoms in total. The fourth-order valence-electron chi connectivity index (χ4n) is 2.30. The molecule has 0 aromatic rings. The molecule has 0 amide bonds. The number of likely N-dealkylation sites (N-methyl/N-ethyl adjacent to an activating group) is 1. The number of carboxylic acids is 1. The second kappa shape index (κ2) is 13.7. The number of aliphatic carboxylic acids is 1. The first kappa shape index (κ1) is 29.7. The van der Waals surface area contributed by atoms with Crippen molar-refractivity contribution in [3.63, 3.8) is 0 Å². The molecule has 29 heavy (non-hydrogen) atoms. The molecule has 0 radical (unpaired) electrons. The first-order valence-electron chi connectivity index (χ1n) is 9.57. The van der Waals surface area contributed by atoms with Crippen molar-refractivity contribution in [1.82, 2.24) is 0 Å². The molecule has 0 aromatic carbocycles. The van der Waals surface area contributed by atoms with Gasteiger partial charge in [-0.25, -0.2) is 9.59 Å². The zero-order valence-electron chi connectivity index (χ0n) is 18.8. The van der Waals surface area contributed by atoms with Gasteiger partial charge in [0.05, 0.1) is 60.7 Å². The first-order chi connectivity index (χ1) is 13.0. The summed E-state index contributed by atoms with van der Waals surface area (Å²) in [5.74, 6) is -1.29. The van der Waals surface area contributed by atoms with Crippen LogP contribution in [0.2, 0.25) is 0 Å². The topological polar surface area (TPSA) is 118 Å². The van der Waals surface area contributed by atoms with E-state index in [1.807, 2.05) is 35.2 Å². The van der Waals surface area contributed by atoms with Crippen LogP contribution in [0.25, 0.3) is 0 Å². The van der Waals surface area contributed by atoms with Crippen LogP contribution in [0.15, 0.2) is 12.2 Å². The minimum atomic E-state index is -3.86. The number of hydrogen-bond donors (Lipinski definition) is 2. The SMILES string of the molecule is C=C(C)C(=O)OCCCCC[N+](C)(C)CCCS(=O)(=O)O.C[N+](C)(C)CC(=O)O. The van der Waals surface area contributed by atoms with E-state index in [2.05, 4.69) is 6.58 Å². The molecule has 0 bridgehead atoms. The summed E-state index contributed by atoms with van der Waals surface area (Å²) in [6, 6.07) is 0. The molecule has 0 fully saturated rings. The molecule has 10 heteroatoms. The van der Waals surface area contributed by atoms with E-state index in [1.54, 1.807) is 6.92 Å². The Kier molecular flexibility index (Phi) is 14.0. The molecule has 0 spiro atoms. The maximum Gasteiger partial charge on any atom is 0.359 e. The lowest BCUT2D eigenvalue weighted by molar-refractivity contribution is -0.890. The van der Waals surface area contributed by atoms with Gasteiger partial charge in [-0.2, -0.15) is 8.42 Å². The molecule has 0 heterocycles. The Bertz CT molecular complexity index is 623. The van der Waals surface area contributed by atoms with Crippen LogP contribution < -0.4 is 0 Å². The Balaban J connectivity index is 0. The van der Waals surface area contributed by atoms with E-state index in [4.69, 9.17) is 14.4 Å². The molecular weight excluding hydrogens is 400 g/mol. The Morgan fingerprint density at radius 3 is 1.86 bits per heavy atom. The largest absolute Gasteiger partial charge is 0.477 e. The summed E-state index contributed by atoms with van der Waals surface area (Å²) in [6.45, 7) is 7.33. The Hall–Kier alpha value is -1.49. The van der Waals surface area contributed by atoms with Gasteiger partial charge in [-0.05, 0) is 26.2 Å². The van der Waals surface area contributed by atoms with Gasteiger partial charge in [0.15, 0.2) is 6.54 Å². The zero-order valence-corrected chi connectivity index (χ0v) is 19.6. The highest BCUT2D eigenvalue weighted by Crippen LogP contribution is 2.06. The van der Waals surface area contributed by atoms with Crippen LogP contribution in [-0.2, 0) is 24.4 Å². The minimum absolute atomic E-state index is 0.181. The smallest absolute Gasteiger partial charge is 0.359 e. The van der Waals surface area contributed by atoms with Gasteiger partial charge in [0.25, 0.3) is 10.1 Å². The van der Waals surface area contributed by atoms with Gasteiger partial charge in [-0.1, -0.05) is 6.58 Å². The molecular formula is C19H40N2O7S+2. The highest BCUT2D eigenvalue weighted by atomic mass is 32.2. The third-order valence-electron chi connectivity index (χ3n) is 3.76. The van der Waals surface area contributed by atoms with Gasteiger partial charge in [0.2, 0.25) is 0 Å². The Labute approximate surface area is 175 Å². The van der Waals surface area contributed by atoms with Gasteiger partial charge in [0, 0.05) is 12.0 Å². The lowest BCUT2D eigenvalue weighted by atomic mass is 10.2. The van der Waals surface area contributed by atoms with Crippen molar-refractivity contribution < 1.29 is 41.4 Å². The van der Waals surface area contributed by atoms with Crippen LogP contribution in [0.4, 0.5) is 0 Å². The number of hydrogen-bond acceptors (Lipinski definition) is 5. The number of quaternary nitrogens is 2. The third kappa shape index (κ3) is 24.5. The number of rotatable bonds is 13. The lowest BCUT2D eigenvalue weighted by Crippen LogP contribution is -2.41. The number of esters is 1. The summed E-state index contributed by atoms with van der Waals surface area (Å²) < 4.78 is 36.2. The second-order valence-electron chi connectivity index (χ2n) is 8.84. The van der Waals surface area contributed by atoms with Crippen LogP contribution in [0.5, 0.6) is 0 Å². The highest BCUT2D eigenvalue weighted by Gasteiger charge is 2.16. The molecule has 0 unspecified atom stereocenters. The number of carboxylic acid groups (broad SMARTS) is 1. The molecule has 2 N–H and O–H groups in total. The van der Waals surface area contributed by atoms with E-state index in [0.717, 1.165) is 25.8 Å². The van der Waals surface area contributed by atoms with Gasteiger partial charge in [-0.3, -0.25) is 4.55 Å². The molecule has 0 saturated carbocycles. The molecule has 0 saturated heterocycles. The van der Waals surface area contributed by atoms with Crippen molar-refractivity contribution in [2.45, 2.75) is 32.6 Å². The maximum atomic E-state index is 11.1. The fraction of sp³-hybridized carbons (Fsp3) is 0.789. The third-order valence-corrected chi connectivity index (χ3v) is 4.57. The first-order valence-corrected chi connectivity index (χ1v) is 11.2. The monoisotopic (exact) mass is 440 g/mol. The standard InChI is InChI=1S/C14H27NO5S.C5H11NO2/c1-13(2)14(16)20-11-7-5-6-9-15(3,4)10-8-12-21(17,18)19;1-6(2,3)4-5(7)8/h1,5-12H2,2-4H3;4H2,1-3H3/p+2. The van der Waals surface area contributed by atoms with Crippen LogP contribution in [0.1, 0.15) is 32.6 Å². The molecule has 0 atom stereocenters. The van der Waals surface area contributed by atoms with Gasteiger partial charge in [-0.15, -0.1) is 0 Å². The minimum Gasteiger partial charge on any atom is -0.477 e. The normalized spacial score (nSPS) is 12.0. The van der Waals surface area contributed by atoms with Crippen molar-refractivity contribution in [2.75, 3.05) is 67.2 Å². The van der Waals surface area contributed by atoms with E-state index in [0.29, 0.717) is 34.1 Å². The van der Waals surface area contributed by atoms with Crippen molar-refractivity contribution >= 4 is 22.1 Å². The second-order valence-corrected chi connectivity index (χ2v) is 10.4. The fourth-order valence-corrected chi connectivity index (χ4v) is 2.79. The average molecular weight is 441 g/mol. The van der Waals surface area contributed by atoms with E-state index in [1.165, 1.54) is 0 Å². The van der Waals surface area contributed by atoms with Crippen molar-refractivity contribution in [1.29, 1.82) is 0 Å². The molecule has 172 valence electrons. The van der Waals surface area contributed by atoms with Crippen LogP contribution >= 0.6 is 0 Å². The number of unbranched alkanes of at least 4 members (excludes halogenated alkanes) is 2. The molecule has 0 aliphatic heterocycles. The number of ether oxygens (including phenoxy) is 1. The summed E-state index contributed by atoms with van der Waals surface area (Å²) in [5.41, 5.74) is 0.409. The van der Waals surface area contributed by atoms with Gasteiger partial charge < -0.3 is 18.8 Å². The lowest BCUT2D eigenvalue weighted by Gasteiger charge is -2.29. The highest BCUT2D eigenvalue weighted by molar-refractivity contribution is 7.85. The predicted octanol–water partition coefficient (Wildman–Crippen LogP) is 1.41. The maximum absolute atomic E-state index is 11.1. The number of nitrogens with zero attached hydrogens (tertiary/aromatic N) is 2. The Morgan fingerprint density at radius 2 is 1.48 bits per heavy atom. The van der Waals surface area contributed by atoms with E-state index in [-0.39, 0.29) is 18.3 Å². The predicted molar refractivity (Wildman–Crippen MR) is 113 cm³/mol. The van der Waals surface area contributed by atoms with Crippen LogP contribution in [0, 0.1) is 0 Å². The number of carbonyl (C=O) groups excluding carboxylic acids is 1. The van der Waals surface area contributed by atoms with E-state index < -0.39 is 16.1 Å². The summed E-state index contributed by atoms with van der Waals surface area (Å²) >= 11 is 0. The molecule has 0 aliphatic carbocycles. The van der Waals surface area contributed by atoms with E-state index >= 15 is 0 Å². The molecule has 0 aliphatic rings. The van der Waals surface area contributed by atoms with Crippen molar-refractivity contribution in [2.24, 2.45) is 0 Å². The van der Waals surface area contributed by atoms with Gasteiger partial charge >= 0.3 is 11.9 Å². The van der Waals surface area contributed by atoms with Crippen molar-refractivity contribution in [3.05, 3.63) is 12.2 Å². The average Bonchev–Trinajstić information content (AvgIpc) is 2.46. The molecule has 0 rings (SSSR count). The summed E-state index contributed by atoms with van der Waals surface area (Å²) in [6.07, 6.45) is 3.18. The quantitative estimate of drug-likeness (QED) is 0.146. The van der Waals surface area contributed by atoms with Gasteiger partial charge in [0.1, 0.15) is 0 Å². The zero-order chi connectivity index (χ0) is 23.3. The van der Waals surface area contributed by atoms with Crippen LogP contribution in [-0.4, -0.2) is 106 Å². The van der Waals surface area contributed by atoms with Crippen LogP contribution in [0.3, 0.4) is 0 Å². The van der Waals surface area contributed by atoms with Crippen molar-refractivity contribution in [3.8, 4) is 0 Å². The Morgan fingerprint density at radius 1 is 0.966 bits per heavy atom.